The lowest BCUT2D eigenvalue weighted by molar-refractivity contribution is 0.0995. The molecule has 0 fully saturated rings. The number of ketones is 1. The van der Waals surface area contributed by atoms with E-state index < -0.39 is 6.10 Å². The third kappa shape index (κ3) is 6.53. The highest BCUT2D eigenvalue weighted by Gasteiger charge is 2.11. The number of carbonyl (C=O) groups excluding carboxylic acids is 1. The van der Waals surface area contributed by atoms with Crippen LogP contribution in [-0.4, -0.2) is 36.7 Å². The van der Waals surface area contributed by atoms with E-state index in [1.165, 1.54) is 6.08 Å². The molecule has 4 heteroatoms. The number of hydrogen-bond donors (Lipinski definition) is 2. The molecular weight excluding hydrogens is 314 g/mol. The first-order valence-corrected chi connectivity index (χ1v) is 8.58. The van der Waals surface area contributed by atoms with Crippen molar-refractivity contribution in [3.05, 3.63) is 71.8 Å². The maximum Gasteiger partial charge on any atom is 0.189 e. The van der Waals surface area contributed by atoms with E-state index >= 15 is 0 Å². The van der Waals surface area contributed by atoms with Gasteiger partial charge < -0.3 is 15.2 Å². The van der Waals surface area contributed by atoms with Gasteiger partial charge in [0.15, 0.2) is 5.78 Å². The lowest BCUT2D eigenvalue weighted by Crippen LogP contribution is -2.32. The minimum atomic E-state index is -0.616. The lowest BCUT2D eigenvalue weighted by Gasteiger charge is -2.14. The van der Waals surface area contributed by atoms with Gasteiger partial charge in [0.05, 0.1) is 5.56 Å². The van der Waals surface area contributed by atoms with Crippen LogP contribution < -0.4 is 10.1 Å². The van der Waals surface area contributed by atoms with Gasteiger partial charge in [-0.05, 0) is 36.7 Å². The minimum Gasteiger partial charge on any atom is -0.490 e. The number of aliphatic hydroxyl groups is 1. The predicted octanol–water partition coefficient (Wildman–Crippen LogP) is 3.32. The van der Waals surface area contributed by atoms with Crippen LogP contribution in [0.3, 0.4) is 0 Å². The van der Waals surface area contributed by atoms with Crippen LogP contribution in [-0.2, 0) is 0 Å². The largest absolute Gasteiger partial charge is 0.490 e. The Morgan fingerprint density at radius 2 is 1.88 bits per heavy atom. The Kier molecular flexibility index (Phi) is 7.89. The van der Waals surface area contributed by atoms with Gasteiger partial charge in [0.1, 0.15) is 18.5 Å². The monoisotopic (exact) mass is 339 g/mol. The predicted molar refractivity (Wildman–Crippen MR) is 101 cm³/mol. The summed E-state index contributed by atoms with van der Waals surface area (Å²) in [7, 11) is 0. The van der Waals surface area contributed by atoms with Gasteiger partial charge in [-0.3, -0.25) is 4.79 Å². The molecule has 0 saturated carbocycles. The van der Waals surface area contributed by atoms with Crippen molar-refractivity contribution < 1.29 is 14.6 Å². The Morgan fingerprint density at radius 3 is 2.64 bits per heavy atom. The lowest BCUT2D eigenvalue weighted by atomic mass is 10.1. The second-order valence-electron chi connectivity index (χ2n) is 5.77. The van der Waals surface area contributed by atoms with Crippen LogP contribution in [0.15, 0.2) is 60.7 Å². The second kappa shape index (κ2) is 10.4. The summed E-state index contributed by atoms with van der Waals surface area (Å²) in [4.78, 5) is 12.5. The SMILES string of the molecule is CCCNC[C@H](O)COc1ccccc1C(=O)/C=C/c1ccccc1. The van der Waals surface area contributed by atoms with E-state index in [1.807, 2.05) is 36.4 Å². The first-order valence-electron chi connectivity index (χ1n) is 8.58. The first kappa shape index (κ1) is 18.9. The maximum atomic E-state index is 12.5. The fourth-order valence-electron chi connectivity index (χ4n) is 2.31. The highest BCUT2D eigenvalue weighted by molar-refractivity contribution is 6.08. The minimum absolute atomic E-state index is 0.127. The number of ether oxygens (including phenoxy) is 1. The average Bonchev–Trinajstić information content (AvgIpc) is 2.66. The van der Waals surface area contributed by atoms with Crippen LogP contribution in [0.25, 0.3) is 6.08 Å². The molecule has 2 N–H and O–H groups in total. The highest BCUT2D eigenvalue weighted by atomic mass is 16.5. The number of rotatable bonds is 10. The number of para-hydroxylation sites is 1. The summed E-state index contributed by atoms with van der Waals surface area (Å²) in [5.74, 6) is 0.359. The summed E-state index contributed by atoms with van der Waals surface area (Å²) < 4.78 is 5.66. The Bertz CT molecular complexity index is 683. The number of carbonyl (C=O) groups is 1. The van der Waals surface area contributed by atoms with Crippen molar-refractivity contribution in [1.29, 1.82) is 0 Å². The van der Waals surface area contributed by atoms with Gasteiger partial charge in [-0.25, -0.2) is 0 Å². The molecule has 132 valence electrons. The van der Waals surface area contributed by atoms with E-state index in [0.717, 1.165) is 18.5 Å². The molecule has 0 unspecified atom stereocenters. The van der Waals surface area contributed by atoms with E-state index in [4.69, 9.17) is 4.74 Å². The maximum absolute atomic E-state index is 12.5. The van der Waals surface area contributed by atoms with E-state index in [0.29, 0.717) is 17.9 Å². The van der Waals surface area contributed by atoms with Crippen LogP contribution in [0.4, 0.5) is 0 Å². The van der Waals surface area contributed by atoms with Crippen molar-refractivity contribution in [3.8, 4) is 5.75 Å². The van der Waals surface area contributed by atoms with Crippen molar-refractivity contribution in [2.75, 3.05) is 19.7 Å². The van der Waals surface area contributed by atoms with Crippen molar-refractivity contribution in [3.63, 3.8) is 0 Å². The summed E-state index contributed by atoms with van der Waals surface area (Å²) in [6.07, 6.45) is 3.72. The number of hydrogen-bond acceptors (Lipinski definition) is 4. The third-order valence-corrected chi connectivity index (χ3v) is 3.62. The molecule has 0 aliphatic heterocycles. The molecule has 0 aromatic heterocycles. The van der Waals surface area contributed by atoms with Crippen LogP contribution in [0.5, 0.6) is 5.75 Å². The molecule has 1 atom stereocenters. The molecule has 2 aromatic carbocycles. The summed E-state index contributed by atoms with van der Waals surface area (Å²) in [5, 5.41) is 13.1. The summed E-state index contributed by atoms with van der Waals surface area (Å²) in [6, 6.07) is 16.7. The third-order valence-electron chi connectivity index (χ3n) is 3.62. The Hall–Kier alpha value is -2.43. The molecule has 0 spiro atoms. The van der Waals surface area contributed by atoms with E-state index in [9.17, 15) is 9.90 Å². The number of aliphatic hydroxyl groups excluding tert-OH is 1. The van der Waals surface area contributed by atoms with Crippen molar-refractivity contribution in [1.82, 2.24) is 5.32 Å². The Balaban J connectivity index is 1.97. The van der Waals surface area contributed by atoms with Gasteiger partial charge in [-0.1, -0.05) is 55.5 Å². The second-order valence-corrected chi connectivity index (χ2v) is 5.77. The number of benzene rings is 2. The average molecular weight is 339 g/mol. The van der Waals surface area contributed by atoms with E-state index in [2.05, 4.69) is 12.2 Å². The number of allylic oxidation sites excluding steroid dienone is 1. The molecule has 0 saturated heterocycles. The molecule has 0 radical (unpaired) electrons. The highest BCUT2D eigenvalue weighted by Crippen LogP contribution is 2.19. The van der Waals surface area contributed by atoms with Crippen LogP contribution in [0.2, 0.25) is 0 Å². The topological polar surface area (TPSA) is 58.6 Å². The molecule has 2 rings (SSSR count). The smallest absolute Gasteiger partial charge is 0.189 e. The van der Waals surface area contributed by atoms with Crippen LogP contribution >= 0.6 is 0 Å². The van der Waals surface area contributed by atoms with E-state index in [-0.39, 0.29) is 12.4 Å². The van der Waals surface area contributed by atoms with Crippen molar-refractivity contribution in [2.45, 2.75) is 19.4 Å². The van der Waals surface area contributed by atoms with E-state index in [1.54, 1.807) is 24.3 Å². The van der Waals surface area contributed by atoms with Gasteiger partial charge in [-0.2, -0.15) is 0 Å². The Labute approximate surface area is 149 Å². The van der Waals surface area contributed by atoms with Gasteiger partial charge in [0, 0.05) is 6.54 Å². The van der Waals surface area contributed by atoms with Crippen LogP contribution in [0, 0.1) is 0 Å². The molecule has 0 amide bonds. The summed E-state index contributed by atoms with van der Waals surface area (Å²) >= 11 is 0. The van der Waals surface area contributed by atoms with Gasteiger partial charge in [0.25, 0.3) is 0 Å². The fraction of sp³-hybridized carbons (Fsp3) is 0.286. The standard InChI is InChI=1S/C21H25NO3/c1-2-14-22-15-18(23)16-25-21-11-7-6-10-19(21)20(24)13-12-17-8-4-3-5-9-17/h3-13,18,22-23H,2,14-16H2,1H3/b13-12+/t18-/m0/s1. The fourth-order valence-corrected chi connectivity index (χ4v) is 2.31. The molecule has 25 heavy (non-hydrogen) atoms. The van der Waals surface area contributed by atoms with Crippen molar-refractivity contribution >= 4 is 11.9 Å². The van der Waals surface area contributed by atoms with Gasteiger partial charge in [-0.15, -0.1) is 0 Å². The van der Waals surface area contributed by atoms with Gasteiger partial charge >= 0.3 is 0 Å². The quantitative estimate of drug-likeness (QED) is 0.396. The summed E-state index contributed by atoms with van der Waals surface area (Å²) in [6.45, 7) is 3.54. The van der Waals surface area contributed by atoms with Crippen molar-refractivity contribution in [2.24, 2.45) is 0 Å². The summed E-state index contributed by atoms with van der Waals surface area (Å²) in [5.41, 5.74) is 1.45. The Morgan fingerprint density at radius 1 is 1.16 bits per heavy atom. The molecule has 0 aliphatic carbocycles. The molecular formula is C21H25NO3. The zero-order valence-electron chi connectivity index (χ0n) is 14.5. The normalized spacial score (nSPS) is 12.2. The first-order chi connectivity index (χ1) is 12.2. The molecule has 4 nitrogen and oxygen atoms in total. The zero-order chi connectivity index (χ0) is 17.9. The molecule has 0 bridgehead atoms. The number of nitrogens with one attached hydrogen (secondary N) is 1. The van der Waals surface area contributed by atoms with Crippen LogP contribution in [0.1, 0.15) is 29.3 Å². The van der Waals surface area contributed by atoms with Gasteiger partial charge in [0.2, 0.25) is 0 Å². The molecule has 0 heterocycles. The zero-order valence-corrected chi connectivity index (χ0v) is 14.5. The molecule has 0 aliphatic rings. The molecule has 2 aromatic rings.